The third-order valence-electron chi connectivity index (χ3n) is 4.51. The van der Waals surface area contributed by atoms with E-state index >= 15 is 0 Å². The molecule has 0 unspecified atom stereocenters. The summed E-state index contributed by atoms with van der Waals surface area (Å²) in [6.45, 7) is 0.666. The normalized spacial score (nSPS) is 28.7. The van der Waals surface area contributed by atoms with E-state index in [9.17, 15) is 9.59 Å². The molecule has 1 saturated heterocycles. The van der Waals surface area contributed by atoms with Crippen molar-refractivity contribution in [2.45, 2.75) is 57.1 Å². The zero-order valence-corrected chi connectivity index (χ0v) is 14.8. The van der Waals surface area contributed by atoms with E-state index in [1.54, 1.807) is 0 Å². The van der Waals surface area contributed by atoms with E-state index in [2.05, 4.69) is 20.2 Å². The summed E-state index contributed by atoms with van der Waals surface area (Å²) < 4.78 is 10.6. The highest BCUT2D eigenvalue weighted by Crippen LogP contribution is 2.29. The fourth-order valence-electron chi connectivity index (χ4n) is 3.36. The van der Waals surface area contributed by atoms with Crippen molar-refractivity contribution < 1.29 is 14.3 Å². The summed E-state index contributed by atoms with van der Waals surface area (Å²) in [7, 11) is 0. The van der Waals surface area contributed by atoms with Crippen LogP contribution in [0.4, 0.5) is 0 Å². The number of allylic oxidation sites excluding steroid dienone is 2. The molecule has 0 bridgehead atoms. The molecular weight excluding hydrogens is 393 g/mol. The largest absolute Gasteiger partial charge is 0.376 e. The highest BCUT2D eigenvalue weighted by atomic mass is 127. The number of carbonyl (C=O) groups excluding carboxylic acids is 2. The van der Waals surface area contributed by atoms with Crippen molar-refractivity contribution in [3.8, 4) is 0 Å². The number of carbonyl (C=O) groups is 2. The molecule has 2 fully saturated rings. The van der Waals surface area contributed by atoms with Crippen molar-refractivity contribution in [2.75, 3.05) is 6.61 Å². The predicted octanol–water partition coefficient (Wildman–Crippen LogP) is 3.08. The SMILES string of the molecule is O=C1CCC(=O)N1[C@H]1CCCC[C@H]1OCCC1=CC=IC=C1. The Bertz CT molecular complexity index is 522. The second kappa shape index (κ2) is 7.64. The summed E-state index contributed by atoms with van der Waals surface area (Å²) in [6.07, 6.45) is 10.1. The van der Waals surface area contributed by atoms with Crippen molar-refractivity contribution in [3.63, 3.8) is 0 Å². The number of halogens is 1. The van der Waals surface area contributed by atoms with Crippen molar-refractivity contribution >= 4 is 36.6 Å². The molecule has 4 nitrogen and oxygen atoms in total. The van der Waals surface area contributed by atoms with Crippen LogP contribution >= 0.6 is 20.7 Å². The zero-order valence-electron chi connectivity index (χ0n) is 12.7. The number of rotatable bonds is 5. The summed E-state index contributed by atoms with van der Waals surface area (Å²) in [5.41, 5.74) is 1.31. The monoisotopic (exact) mass is 415 g/mol. The lowest BCUT2D eigenvalue weighted by Crippen LogP contribution is -2.49. The molecule has 0 spiro atoms. The van der Waals surface area contributed by atoms with Gasteiger partial charge in [-0.15, -0.1) is 0 Å². The van der Waals surface area contributed by atoms with Crippen LogP contribution in [0.2, 0.25) is 0 Å². The third-order valence-corrected chi connectivity index (χ3v) is 6.06. The lowest BCUT2D eigenvalue weighted by molar-refractivity contribution is -0.147. The number of hydrogen-bond donors (Lipinski definition) is 0. The Balaban J connectivity index is 1.57. The molecule has 0 aromatic carbocycles. The maximum Gasteiger partial charge on any atom is 0.230 e. The highest BCUT2D eigenvalue weighted by Gasteiger charge is 2.40. The van der Waals surface area contributed by atoms with Crippen molar-refractivity contribution in [1.29, 1.82) is 0 Å². The van der Waals surface area contributed by atoms with E-state index in [-0.39, 0.29) is 44.7 Å². The molecule has 120 valence electrons. The molecule has 5 heteroatoms. The Labute approximate surface area is 141 Å². The summed E-state index contributed by atoms with van der Waals surface area (Å²) in [5.74, 6) is -0.0242. The van der Waals surface area contributed by atoms with Gasteiger partial charge in [0.25, 0.3) is 0 Å². The molecule has 2 heterocycles. The van der Waals surface area contributed by atoms with Gasteiger partial charge in [-0.2, -0.15) is 0 Å². The summed E-state index contributed by atoms with van der Waals surface area (Å²) in [6, 6.07) is -0.0374. The van der Waals surface area contributed by atoms with Gasteiger partial charge in [0.15, 0.2) is 0 Å². The molecule has 22 heavy (non-hydrogen) atoms. The Morgan fingerprint density at radius 2 is 1.95 bits per heavy atom. The van der Waals surface area contributed by atoms with Gasteiger partial charge in [0.05, 0.1) is 18.8 Å². The van der Waals surface area contributed by atoms with E-state index in [0.717, 1.165) is 32.1 Å². The van der Waals surface area contributed by atoms with Crippen molar-refractivity contribution in [3.05, 3.63) is 21.8 Å². The van der Waals surface area contributed by atoms with Crippen LogP contribution in [0.15, 0.2) is 21.8 Å². The van der Waals surface area contributed by atoms with Gasteiger partial charge >= 0.3 is 0 Å². The predicted molar refractivity (Wildman–Crippen MR) is 95.0 cm³/mol. The second-order valence-electron chi connectivity index (χ2n) is 5.95. The number of likely N-dealkylation sites (tertiary alicyclic amines) is 1. The number of nitrogens with zero attached hydrogens (tertiary/aromatic N) is 1. The van der Waals surface area contributed by atoms with E-state index < -0.39 is 0 Å². The number of hydrogen-bond acceptors (Lipinski definition) is 3. The van der Waals surface area contributed by atoms with Gasteiger partial charge in [0, 0.05) is 12.8 Å². The first-order valence-electron chi connectivity index (χ1n) is 8.03. The minimum atomic E-state index is -0.0374. The molecule has 1 saturated carbocycles. The molecule has 3 rings (SSSR count). The summed E-state index contributed by atoms with van der Waals surface area (Å²) >= 11 is 0.130. The van der Waals surface area contributed by atoms with Crippen LogP contribution in [0.3, 0.4) is 0 Å². The van der Waals surface area contributed by atoms with E-state index in [4.69, 9.17) is 4.74 Å². The standard InChI is InChI=1S/C17H22INO3/c20-16-5-6-17(21)19(16)14-3-1-2-4-15(14)22-12-9-13-7-10-18-11-8-13/h7-8,10-11,14-15H,1-6,9,12H2/t14-,15+/m0/s1. The molecule has 2 aliphatic heterocycles. The molecule has 0 N–H and O–H groups in total. The van der Waals surface area contributed by atoms with Gasteiger partial charge in [-0.25, -0.2) is 0 Å². The van der Waals surface area contributed by atoms with Gasteiger partial charge in [0.1, 0.15) is 0 Å². The Kier molecular flexibility index (Phi) is 5.57. The molecule has 2 atom stereocenters. The minimum Gasteiger partial charge on any atom is -0.376 e. The lowest BCUT2D eigenvalue weighted by Gasteiger charge is -2.36. The van der Waals surface area contributed by atoms with Gasteiger partial charge in [-0.05, 0) is 32.9 Å². The molecule has 1 aliphatic carbocycles. The Morgan fingerprint density at radius 3 is 2.68 bits per heavy atom. The average molecular weight is 415 g/mol. The van der Waals surface area contributed by atoms with E-state index in [1.165, 1.54) is 10.5 Å². The fourth-order valence-corrected chi connectivity index (χ4v) is 4.94. The van der Waals surface area contributed by atoms with Gasteiger partial charge in [-0.1, -0.05) is 45.7 Å². The molecule has 3 aliphatic rings. The van der Waals surface area contributed by atoms with Gasteiger partial charge in [0.2, 0.25) is 11.8 Å². The molecular formula is C17H22INO3. The van der Waals surface area contributed by atoms with Crippen LogP contribution in [-0.4, -0.2) is 39.5 Å². The maximum atomic E-state index is 12.0. The third kappa shape index (κ3) is 3.74. The fraction of sp³-hybridized carbons (Fsp3) is 0.588. The van der Waals surface area contributed by atoms with Crippen molar-refractivity contribution in [1.82, 2.24) is 4.90 Å². The highest BCUT2D eigenvalue weighted by molar-refractivity contribution is 14.2. The Hall–Kier alpha value is -0.820. The molecule has 0 radical (unpaired) electrons. The minimum absolute atomic E-state index is 0.0121. The molecule has 0 aromatic rings. The van der Waals surface area contributed by atoms with Crippen LogP contribution < -0.4 is 0 Å². The first-order chi connectivity index (χ1) is 10.8. The quantitative estimate of drug-likeness (QED) is 0.512. The zero-order chi connectivity index (χ0) is 15.4. The van der Waals surface area contributed by atoms with Crippen molar-refractivity contribution in [2.24, 2.45) is 0 Å². The van der Waals surface area contributed by atoms with E-state index in [1.807, 2.05) is 0 Å². The summed E-state index contributed by atoms with van der Waals surface area (Å²) in [5, 5.41) is 0. The first-order valence-corrected chi connectivity index (χ1v) is 10.5. The van der Waals surface area contributed by atoms with Crippen LogP contribution in [0, 0.1) is 0 Å². The van der Waals surface area contributed by atoms with Gasteiger partial charge < -0.3 is 4.74 Å². The van der Waals surface area contributed by atoms with E-state index in [0.29, 0.717) is 19.4 Å². The second-order valence-corrected chi connectivity index (χ2v) is 8.11. The molecule has 2 amide bonds. The molecule has 0 aromatic heterocycles. The van der Waals surface area contributed by atoms with Crippen LogP contribution in [0.25, 0.3) is 0 Å². The smallest absolute Gasteiger partial charge is 0.230 e. The lowest BCUT2D eigenvalue weighted by atomic mass is 9.91. The summed E-state index contributed by atoms with van der Waals surface area (Å²) in [4.78, 5) is 25.5. The number of ether oxygens (including phenoxy) is 1. The first kappa shape index (κ1) is 16.1. The maximum absolute atomic E-state index is 12.0. The Morgan fingerprint density at radius 1 is 1.18 bits per heavy atom. The van der Waals surface area contributed by atoms with Crippen LogP contribution in [0.1, 0.15) is 44.9 Å². The topological polar surface area (TPSA) is 46.6 Å². The van der Waals surface area contributed by atoms with Crippen LogP contribution in [0.5, 0.6) is 0 Å². The van der Waals surface area contributed by atoms with Gasteiger partial charge in [-0.3, -0.25) is 14.5 Å². The average Bonchev–Trinajstić information content (AvgIpc) is 2.88. The van der Waals surface area contributed by atoms with Crippen LogP contribution in [-0.2, 0) is 14.3 Å². The number of imide groups is 1. The number of amides is 2.